The monoisotopic (exact) mass is 238 g/mol. The fourth-order valence-electron chi connectivity index (χ4n) is 0.685. The molecule has 0 aliphatic carbocycles. The molecule has 5 nitrogen and oxygen atoms in total. The quantitative estimate of drug-likeness (QED) is 0.541. The van der Waals surface area contributed by atoms with Gasteiger partial charge in [-0.3, -0.25) is 4.79 Å². The Labute approximate surface area is 93.6 Å². The van der Waals surface area contributed by atoms with E-state index < -0.39 is 11.7 Å². The van der Waals surface area contributed by atoms with E-state index in [2.05, 4.69) is 4.74 Å². The van der Waals surface area contributed by atoms with E-state index in [0.717, 1.165) is 0 Å². The Morgan fingerprint density at radius 1 is 1.20 bits per heavy atom. The maximum atomic E-state index is 10.9. The van der Waals surface area contributed by atoms with Crippen LogP contribution in [0, 0.1) is 5.92 Å². The normalized spacial score (nSPS) is 13.9. The number of esters is 1. The molecule has 6 heteroatoms. The minimum absolute atomic E-state index is 0.0768. The van der Waals surface area contributed by atoms with Crippen LogP contribution in [0.5, 0.6) is 0 Å². The van der Waals surface area contributed by atoms with Gasteiger partial charge in [-0.25, -0.2) is 4.79 Å². The minimum atomic E-state index is -0.827. The van der Waals surface area contributed by atoms with Crippen LogP contribution >= 0.6 is 11.6 Å². The lowest BCUT2D eigenvalue weighted by Gasteiger charge is -2.12. The van der Waals surface area contributed by atoms with Crippen LogP contribution in [0.25, 0.3) is 0 Å². The van der Waals surface area contributed by atoms with Crippen LogP contribution in [0.3, 0.4) is 0 Å². The van der Waals surface area contributed by atoms with E-state index >= 15 is 0 Å². The Balaban J connectivity index is 3.57. The molecule has 0 saturated heterocycles. The van der Waals surface area contributed by atoms with Gasteiger partial charge in [0, 0.05) is 12.8 Å². The molecule has 0 aromatic heterocycles. The Morgan fingerprint density at radius 2 is 1.73 bits per heavy atom. The van der Waals surface area contributed by atoms with Gasteiger partial charge in [-0.05, 0) is 6.92 Å². The maximum absolute atomic E-state index is 10.9. The molecule has 0 heterocycles. The number of alkyl halides is 1. The number of carbonyl (C=O) groups excluding carboxylic acids is 2. The lowest BCUT2D eigenvalue weighted by Crippen LogP contribution is -2.19. The lowest BCUT2D eigenvalue weighted by atomic mass is 10.2. The molecule has 0 aliphatic rings. The van der Waals surface area contributed by atoms with Crippen molar-refractivity contribution in [2.24, 2.45) is 5.92 Å². The van der Waals surface area contributed by atoms with Crippen molar-refractivity contribution in [3.63, 3.8) is 0 Å². The van der Waals surface area contributed by atoms with Gasteiger partial charge in [-0.1, -0.05) is 18.5 Å². The van der Waals surface area contributed by atoms with E-state index in [9.17, 15) is 9.59 Å². The summed E-state index contributed by atoms with van der Waals surface area (Å²) in [6, 6.07) is 0. The van der Waals surface area contributed by atoms with Gasteiger partial charge in [0.05, 0.1) is 6.61 Å². The molecule has 0 aromatic rings. The first-order valence-electron chi connectivity index (χ1n) is 4.52. The van der Waals surface area contributed by atoms with Gasteiger partial charge >= 0.3 is 12.1 Å². The fourth-order valence-corrected chi connectivity index (χ4v) is 0.757. The summed E-state index contributed by atoms with van der Waals surface area (Å²) in [5, 5.41) is 0. The first-order valence-corrected chi connectivity index (χ1v) is 4.96. The van der Waals surface area contributed by atoms with Crippen LogP contribution in [0.1, 0.15) is 20.8 Å². The molecule has 0 rings (SSSR count). The summed E-state index contributed by atoms with van der Waals surface area (Å²) in [5.74, 6) is -0.439. The van der Waals surface area contributed by atoms with Crippen molar-refractivity contribution < 1.29 is 23.8 Å². The van der Waals surface area contributed by atoms with Gasteiger partial charge in [-0.2, -0.15) is 0 Å². The van der Waals surface area contributed by atoms with Crippen molar-refractivity contribution in [3.05, 3.63) is 0 Å². The molecule has 0 aliphatic heterocycles. The molecule has 0 saturated carbocycles. The van der Waals surface area contributed by atoms with Crippen LogP contribution in [0.2, 0.25) is 0 Å². The highest BCUT2D eigenvalue weighted by Gasteiger charge is 2.11. The smallest absolute Gasteiger partial charge is 0.465 e. The number of hydrogen-bond acceptors (Lipinski definition) is 5. The summed E-state index contributed by atoms with van der Waals surface area (Å²) in [5.41, 5.74) is -0.721. The molecular formula is C9H15ClO5. The largest absolute Gasteiger partial charge is 0.509 e. The molecule has 0 spiro atoms. The average Bonchev–Trinajstić information content (AvgIpc) is 2.10. The SMILES string of the molecule is CC(=O)OCC(C)COC(=O)OC(C)Cl. The average molecular weight is 239 g/mol. The third-order valence-electron chi connectivity index (χ3n) is 1.32. The van der Waals surface area contributed by atoms with Crippen molar-refractivity contribution in [3.8, 4) is 0 Å². The van der Waals surface area contributed by atoms with Crippen LogP contribution in [-0.4, -0.2) is 30.9 Å². The van der Waals surface area contributed by atoms with E-state index in [1.807, 2.05) is 0 Å². The summed E-state index contributed by atoms with van der Waals surface area (Å²) >= 11 is 5.40. The van der Waals surface area contributed by atoms with E-state index in [-0.39, 0.29) is 25.1 Å². The summed E-state index contributed by atoms with van der Waals surface area (Å²) in [6.07, 6.45) is -0.827. The first-order chi connectivity index (χ1) is 6.91. The highest BCUT2D eigenvalue weighted by molar-refractivity contribution is 6.19. The van der Waals surface area contributed by atoms with Crippen molar-refractivity contribution in [1.82, 2.24) is 0 Å². The molecule has 15 heavy (non-hydrogen) atoms. The second kappa shape index (κ2) is 7.34. The third kappa shape index (κ3) is 9.34. The standard InChI is InChI=1S/C9H15ClO5/c1-6(4-13-8(3)11)5-14-9(12)15-7(2)10/h6-7H,4-5H2,1-3H3. The van der Waals surface area contributed by atoms with Gasteiger partial charge in [0.1, 0.15) is 6.61 Å². The van der Waals surface area contributed by atoms with Gasteiger partial charge in [0.25, 0.3) is 0 Å². The molecule has 0 N–H and O–H groups in total. The van der Waals surface area contributed by atoms with Crippen molar-refractivity contribution >= 4 is 23.7 Å². The predicted octanol–water partition coefficient (Wildman–Crippen LogP) is 1.92. The van der Waals surface area contributed by atoms with Gasteiger partial charge < -0.3 is 14.2 Å². The van der Waals surface area contributed by atoms with E-state index in [4.69, 9.17) is 21.1 Å². The summed E-state index contributed by atoms with van der Waals surface area (Å²) in [4.78, 5) is 21.3. The Kier molecular flexibility index (Phi) is 6.86. The number of rotatable bonds is 5. The van der Waals surface area contributed by atoms with Crippen molar-refractivity contribution in [1.29, 1.82) is 0 Å². The number of ether oxygens (including phenoxy) is 3. The summed E-state index contributed by atoms with van der Waals surface area (Å²) < 4.78 is 14.0. The second-order valence-electron chi connectivity index (χ2n) is 3.13. The van der Waals surface area contributed by atoms with Gasteiger partial charge in [-0.15, -0.1) is 0 Å². The van der Waals surface area contributed by atoms with Crippen molar-refractivity contribution in [2.45, 2.75) is 26.3 Å². The molecule has 0 radical (unpaired) electrons. The van der Waals surface area contributed by atoms with E-state index in [0.29, 0.717) is 0 Å². The topological polar surface area (TPSA) is 61.8 Å². The zero-order valence-corrected chi connectivity index (χ0v) is 9.74. The molecule has 2 unspecified atom stereocenters. The molecule has 88 valence electrons. The molecule has 0 aromatic carbocycles. The molecule has 2 atom stereocenters. The summed E-state index contributed by atoms with van der Waals surface area (Å²) in [7, 11) is 0. The van der Waals surface area contributed by atoms with Gasteiger partial charge in [0.2, 0.25) is 0 Å². The second-order valence-corrected chi connectivity index (χ2v) is 3.74. The predicted molar refractivity (Wildman–Crippen MR) is 53.5 cm³/mol. The highest BCUT2D eigenvalue weighted by Crippen LogP contribution is 2.02. The van der Waals surface area contributed by atoms with E-state index in [1.165, 1.54) is 13.8 Å². The van der Waals surface area contributed by atoms with Crippen LogP contribution < -0.4 is 0 Å². The Morgan fingerprint density at radius 3 is 2.20 bits per heavy atom. The minimum Gasteiger partial charge on any atom is -0.465 e. The van der Waals surface area contributed by atoms with E-state index in [1.54, 1.807) is 6.92 Å². The fraction of sp³-hybridized carbons (Fsp3) is 0.778. The Bertz CT molecular complexity index is 217. The zero-order chi connectivity index (χ0) is 11.8. The number of hydrogen-bond donors (Lipinski definition) is 0. The zero-order valence-electron chi connectivity index (χ0n) is 8.99. The van der Waals surface area contributed by atoms with Crippen LogP contribution in [0.4, 0.5) is 4.79 Å². The van der Waals surface area contributed by atoms with Crippen LogP contribution in [0.15, 0.2) is 0 Å². The van der Waals surface area contributed by atoms with Crippen LogP contribution in [-0.2, 0) is 19.0 Å². The molecule has 0 fully saturated rings. The highest BCUT2D eigenvalue weighted by atomic mass is 35.5. The first kappa shape index (κ1) is 14.0. The summed E-state index contributed by atoms with van der Waals surface area (Å²) in [6.45, 7) is 4.93. The lowest BCUT2D eigenvalue weighted by molar-refractivity contribution is -0.142. The molecule has 0 amide bonds. The molecular weight excluding hydrogens is 224 g/mol. The number of halogens is 1. The number of carbonyl (C=O) groups is 2. The van der Waals surface area contributed by atoms with Crippen molar-refractivity contribution in [2.75, 3.05) is 13.2 Å². The maximum Gasteiger partial charge on any atom is 0.509 e. The van der Waals surface area contributed by atoms with Gasteiger partial charge in [0.15, 0.2) is 5.56 Å². The Hall–Kier alpha value is -0.970. The molecule has 0 bridgehead atoms. The third-order valence-corrected chi connectivity index (χ3v) is 1.40.